The lowest BCUT2D eigenvalue weighted by Crippen LogP contribution is -2.28. The number of hydrogen-bond donors (Lipinski definition) is 2. The summed E-state index contributed by atoms with van der Waals surface area (Å²) >= 11 is 3.35. The molecular formula is C11H15BrN2O. The van der Waals surface area contributed by atoms with E-state index in [4.69, 9.17) is 5.73 Å². The quantitative estimate of drug-likeness (QED) is 0.883. The number of nitrogens with two attached hydrogens (primary N) is 1. The summed E-state index contributed by atoms with van der Waals surface area (Å²) < 4.78 is 0.945. The van der Waals surface area contributed by atoms with Crippen LogP contribution in [0.15, 0.2) is 28.7 Å². The van der Waals surface area contributed by atoms with Crippen molar-refractivity contribution >= 4 is 27.5 Å². The molecule has 0 bridgehead atoms. The lowest BCUT2D eigenvalue weighted by Gasteiger charge is -2.12. The monoisotopic (exact) mass is 270 g/mol. The van der Waals surface area contributed by atoms with Gasteiger partial charge in [-0.05, 0) is 24.6 Å². The van der Waals surface area contributed by atoms with Crippen molar-refractivity contribution in [1.29, 1.82) is 0 Å². The van der Waals surface area contributed by atoms with Gasteiger partial charge in [0.1, 0.15) is 0 Å². The number of hydrogen-bond acceptors (Lipinski definition) is 2. The maximum atomic E-state index is 11.7. The summed E-state index contributed by atoms with van der Waals surface area (Å²) in [7, 11) is 0. The number of halogens is 1. The van der Waals surface area contributed by atoms with Gasteiger partial charge in [-0.15, -0.1) is 0 Å². The Labute approximate surface area is 98.2 Å². The van der Waals surface area contributed by atoms with Crippen molar-refractivity contribution in [3.63, 3.8) is 0 Å². The summed E-state index contributed by atoms with van der Waals surface area (Å²) in [5.74, 6) is -0.123. The second-order valence-electron chi connectivity index (χ2n) is 3.34. The van der Waals surface area contributed by atoms with Crippen molar-refractivity contribution in [3.05, 3.63) is 28.7 Å². The van der Waals surface area contributed by atoms with Crippen LogP contribution in [0.3, 0.4) is 0 Å². The van der Waals surface area contributed by atoms with Crippen LogP contribution in [0.25, 0.3) is 0 Å². The fourth-order valence-corrected chi connectivity index (χ4v) is 1.67. The van der Waals surface area contributed by atoms with E-state index in [2.05, 4.69) is 21.2 Å². The minimum absolute atomic E-state index is 0.0156. The molecule has 3 N–H and O–H groups in total. The third-order valence-corrected chi connectivity index (χ3v) is 2.73. The normalized spacial score (nSPS) is 12.2. The summed E-state index contributed by atoms with van der Waals surface area (Å²) in [6, 6.07) is 7.51. The highest BCUT2D eigenvalue weighted by atomic mass is 79.9. The molecule has 3 nitrogen and oxygen atoms in total. The molecule has 1 unspecified atom stereocenters. The van der Waals surface area contributed by atoms with E-state index in [0.717, 1.165) is 16.6 Å². The number of anilines is 1. The molecule has 1 aromatic carbocycles. The molecule has 0 aliphatic carbocycles. The van der Waals surface area contributed by atoms with Gasteiger partial charge in [-0.2, -0.15) is 0 Å². The van der Waals surface area contributed by atoms with Crippen molar-refractivity contribution in [3.8, 4) is 0 Å². The Bertz CT molecular complexity index is 337. The van der Waals surface area contributed by atoms with Crippen molar-refractivity contribution in [1.82, 2.24) is 0 Å². The highest BCUT2D eigenvalue weighted by molar-refractivity contribution is 9.10. The highest BCUT2D eigenvalue weighted by Crippen LogP contribution is 2.16. The number of rotatable bonds is 4. The van der Waals surface area contributed by atoms with Crippen LogP contribution in [0.2, 0.25) is 0 Å². The average Bonchev–Trinajstić information content (AvgIpc) is 2.19. The maximum Gasteiger partial charge on any atom is 0.228 e. The standard InChI is InChI=1S/C11H15BrN2O/c1-2-8(7-13)11(15)14-10-5-3-4-9(12)6-10/h3-6,8H,2,7,13H2,1H3,(H,14,15). The Kier molecular flexibility index (Phi) is 4.78. The number of nitrogens with one attached hydrogen (secondary N) is 1. The molecule has 0 saturated heterocycles. The molecule has 0 aliphatic heterocycles. The van der Waals surface area contributed by atoms with Crippen molar-refractivity contribution in [2.24, 2.45) is 11.7 Å². The van der Waals surface area contributed by atoms with Gasteiger partial charge in [0.2, 0.25) is 5.91 Å². The molecule has 0 fully saturated rings. The minimum Gasteiger partial charge on any atom is -0.330 e. The van der Waals surface area contributed by atoms with Gasteiger partial charge in [-0.3, -0.25) is 4.79 Å². The van der Waals surface area contributed by atoms with Crippen molar-refractivity contribution < 1.29 is 4.79 Å². The zero-order chi connectivity index (χ0) is 11.3. The molecular weight excluding hydrogens is 256 g/mol. The number of carbonyl (C=O) groups is 1. The van der Waals surface area contributed by atoms with E-state index in [1.165, 1.54) is 0 Å². The van der Waals surface area contributed by atoms with Gasteiger partial charge in [-0.1, -0.05) is 28.9 Å². The molecule has 0 aliphatic rings. The van der Waals surface area contributed by atoms with Crippen LogP contribution >= 0.6 is 15.9 Å². The van der Waals surface area contributed by atoms with E-state index in [9.17, 15) is 4.79 Å². The molecule has 0 radical (unpaired) electrons. The summed E-state index contributed by atoms with van der Waals surface area (Å²) in [4.78, 5) is 11.7. The SMILES string of the molecule is CCC(CN)C(=O)Nc1cccc(Br)c1. The number of carbonyl (C=O) groups excluding carboxylic acids is 1. The highest BCUT2D eigenvalue weighted by Gasteiger charge is 2.14. The Hall–Kier alpha value is -0.870. The van der Waals surface area contributed by atoms with Crippen LogP contribution in [-0.4, -0.2) is 12.5 Å². The van der Waals surface area contributed by atoms with E-state index in [-0.39, 0.29) is 11.8 Å². The van der Waals surface area contributed by atoms with E-state index >= 15 is 0 Å². The molecule has 15 heavy (non-hydrogen) atoms. The van der Waals surface area contributed by atoms with Crippen LogP contribution in [0.4, 0.5) is 5.69 Å². The molecule has 1 rings (SSSR count). The van der Waals surface area contributed by atoms with E-state index in [0.29, 0.717) is 6.54 Å². The molecule has 0 heterocycles. The molecule has 0 saturated carbocycles. The van der Waals surface area contributed by atoms with Crippen LogP contribution < -0.4 is 11.1 Å². The second kappa shape index (κ2) is 5.88. The van der Waals surface area contributed by atoms with Gasteiger partial charge in [0.05, 0.1) is 5.92 Å². The summed E-state index contributed by atoms with van der Waals surface area (Å²) in [6.07, 6.45) is 0.760. The third kappa shape index (κ3) is 3.64. The Morgan fingerprint density at radius 3 is 2.87 bits per heavy atom. The Morgan fingerprint density at radius 2 is 2.33 bits per heavy atom. The van der Waals surface area contributed by atoms with Crippen LogP contribution in [-0.2, 0) is 4.79 Å². The Balaban J connectivity index is 2.65. The first kappa shape index (κ1) is 12.2. The van der Waals surface area contributed by atoms with Gasteiger partial charge in [0.15, 0.2) is 0 Å². The zero-order valence-corrected chi connectivity index (χ0v) is 10.3. The summed E-state index contributed by atoms with van der Waals surface area (Å²) in [5.41, 5.74) is 6.29. The van der Waals surface area contributed by atoms with Crippen LogP contribution in [0.1, 0.15) is 13.3 Å². The lowest BCUT2D eigenvalue weighted by atomic mass is 10.1. The molecule has 0 aromatic heterocycles. The molecule has 1 amide bonds. The van der Waals surface area contributed by atoms with Gasteiger partial charge in [0.25, 0.3) is 0 Å². The summed E-state index contributed by atoms with van der Waals surface area (Å²) in [5, 5.41) is 2.84. The zero-order valence-electron chi connectivity index (χ0n) is 8.66. The van der Waals surface area contributed by atoms with Crippen LogP contribution in [0.5, 0.6) is 0 Å². The molecule has 1 aromatic rings. The smallest absolute Gasteiger partial charge is 0.228 e. The largest absolute Gasteiger partial charge is 0.330 e. The first-order valence-electron chi connectivity index (χ1n) is 4.94. The number of amides is 1. The minimum atomic E-state index is -0.107. The first-order valence-corrected chi connectivity index (χ1v) is 5.73. The molecule has 82 valence electrons. The predicted octanol–water partition coefficient (Wildman–Crippen LogP) is 2.37. The second-order valence-corrected chi connectivity index (χ2v) is 4.26. The first-order chi connectivity index (χ1) is 7.17. The van der Waals surface area contributed by atoms with Gasteiger partial charge in [-0.25, -0.2) is 0 Å². The van der Waals surface area contributed by atoms with Crippen LogP contribution in [0, 0.1) is 5.92 Å². The van der Waals surface area contributed by atoms with E-state index < -0.39 is 0 Å². The van der Waals surface area contributed by atoms with Gasteiger partial charge in [0, 0.05) is 16.7 Å². The fraction of sp³-hybridized carbons (Fsp3) is 0.364. The molecule has 4 heteroatoms. The molecule has 1 atom stereocenters. The predicted molar refractivity (Wildman–Crippen MR) is 65.6 cm³/mol. The van der Waals surface area contributed by atoms with Crippen molar-refractivity contribution in [2.75, 3.05) is 11.9 Å². The Morgan fingerprint density at radius 1 is 1.60 bits per heavy atom. The van der Waals surface area contributed by atoms with Gasteiger partial charge >= 0.3 is 0 Å². The van der Waals surface area contributed by atoms with Crippen molar-refractivity contribution in [2.45, 2.75) is 13.3 Å². The molecule has 0 spiro atoms. The fourth-order valence-electron chi connectivity index (χ4n) is 1.27. The topological polar surface area (TPSA) is 55.1 Å². The number of benzene rings is 1. The third-order valence-electron chi connectivity index (χ3n) is 2.24. The van der Waals surface area contributed by atoms with E-state index in [1.807, 2.05) is 31.2 Å². The lowest BCUT2D eigenvalue weighted by molar-refractivity contribution is -0.119. The summed E-state index contributed by atoms with van der Waals surface area (Å²) in [6.45, 7) is 2.34. The van der Waals surface area contributed by atoms with E-state index in [1.54, 1.807) is 0 Å². The maximum absolute atomic E-state index is 11.7. The average molecular weight is 271 g/mol. The van der Waals surface area contributed by atoms with Gasteiger partial charge < -0.3 is 11.1 Å².